The number of alkyl halides is 1. The molecule has 1 N–H and O–H groups in total. The van der Waals surface area contributed by atoms with E-state index in [2.05, 4.69) is 22.3 Å². The minimum atomic E-state index is -0.922. The molecule has 4 nitrogen and oxygen atoms in total. The molecule has 0 aliphatic heterocycles. The number of hydrogen-bond donors (Lipinski definition) is 1. The van der Waals surface area contributed by atoms with Crippen molar-refractivity contribution in [1.82, 2.24) is 20.1 Å². The van der Waals surface area contributed by atoms with Crippen LogP contribution in [-0.4, -0.2) is 33.0 Å². The van der Waals surface area contributed by atoms with E-state index in [0.29, 0.717) is 13.0 Å². The molecule has 0 bridgehead atoms. The minimum absolute atomic E-state index is 0.0541. The Bertz CT molecular complexity index is 329. The molecule has 17 heavy (non-hydrogen) atoms. The van der Waals surface area contributed by atoms with E-state index < -0.39 is 6.17 Å². The molecule has 1 heterocycles. The van der Waals surface area contributed by atoms with Crippen molar-refractivity contribution in [3.63, 3.8) is 0 Å². The van der Waals surface area contributed by atoms with E-state index in [1.807, 2.05) is 20.8 Å². The number of aromatic nitrogens is 3. The van der Waals surface area contributed by atoms with Crippen molar-refractivity contribution >= 4 is 0 Å². The Morgan fingerprint density at radius 3 is 2.76 bits per heavy atom. The van der Waals surface area contributed by atoms with Crippen molar-refractivity contribution in [3.8, 4) is 0 Å². The first kappa shape index (κ1) is 14.1. The van der Waals surface area contributed by atoms with Crippen molar-refractivity contribution in [2.75, 3.05) is 6.54 Å². The lowest BCUT2D eigenvalue weighted by molar-refractivity contribution is 0.278. The maximum Gasteiger partial charge on any atom is 0.138 e. The second kappa shape index (κ2) is 6.10. The smallest absolute Gasteiger partial charge is 0.138 e. The van der Waals surface area contributed by atoms with E-state index in [1.165, 1.54) is 6.33 Å². The largest absolute Gasteiger partial charge is 0.309 e. The molecule has 1 atom stereocenters. The van der Waals surface area contributed by atoms with Crippen LogP contribution < -0.4 is 5.32 Å². The molecule has 0 aliphatic carbocycles. The van der Waals surface area contributed by atoms with Crippen molar-refractivity contribution < 1.29 is 4.39 Å². The zero-order valence-corrected chi connectivity index (χ0v) is 11.2. The summed E-state index contributed by atoms with van der Waals surface area (Å²) in [5.74, 6) is 0.732. The van der Waals surface area contributed by atoms with Gasteiger partial charge in [-0.15, -0.1) is 0 Å². The lowest BCUT2D eigenvalue weighted by Gasteiger charge is -2.21. The molecule has 1 unspecified atom stereocenters. The van der Waals surface area contributed by atoms with Gasteiger partial charge < -0.3 is 5.32 Å². The summed E-state index contributed by atoms with van der Waals surface area (Å²) < 4.78 is 15.6. The molecular weight excluding hydrogens is 219 g/mol. The monoisotopic (exact) mass is 242 g/mol. The zero-order chi connectivity index (χ0) is 12.9. The predicted molar refractivity (Wildman–Crippen MR) is 66.7 cm³/mol. The molecular formula is C12H23FN4. The average molecular weight is 242 g/mol. The third-order valence-corrected chi connectivity index (χ3v) is 2.39. The lowest BCUT2D eigenvalue weighted by Crippen LogP contribution is -2.40. The van der Waals surface area contributed by atoms with Crippen LogP contribution in [0.4, 0.5) is 4.39 Å². The summed E-state index contributed by atoms with van der Waals surface area (Å²) in [6, 6.07) is 0. The molecule has 1 aromatic rings. The summed E-state index contributed by atoms with van der Waals surface area (Å²) in [7, 11) is 0. The molecule has 0 amide bonds. The first-order valence-electron chi connectivity index (χ1n) is 6.18. The van der Waals surface area contributed by atoms with Gasteiger partial charge in [0.15, 0.2) is 0 Å². The van der Waals surface area contributed by atoms with Gasteiger partial charge in [0.05, 0.1) is 0 Å². The van der Waals surface area contributed by atoms with Crippen LogP contribution >= 0.6 is 0 Å². The number of nitrogens with one attached hydrogen (secondary N) is 1. The summed E-state index contributed by atoms with van der Waals surface area (Å²) in [6.45, 7) is 9.30. The normalized spacial score (nSPS) is 13.9. The van der Waals surface area contributed by atoms with Gasteiger partial charge in [-0.25, -0.2) is 9.37 Å². The average Bonchev–Trinajstić information content (AvgIpc) is 2.63. The van der Waals surface area contributed by atoms with Gasteiger partial charge in [-0.3, -0.25) is 4.68 Å². The molecule has 0 spiro atoms. The molecule has 98 valence electrons. The molecule has 0 fully saturated rings. The van der Waals surface area contributed by atoms with E-state index in [1.54, 1.807) is 4.68 Å². The molecule has 0 radical (unpaired) electrons. The van der Waals surface area contributed by atoms with Gasteiger partial charge in [0.25, 0.3) is 0 Å². The van der Waals surface area contributed by atoms with E-state index in [9.17, 15) is 4.39 Å². The van der Waals surface area contributed by atoms with Gasteiger partial charge in [-0.2, -0.15) is 5.10 Å². The Balaban J connectivity index is 2.44. The van der Waals surface area contributed by atoms with E-state index in [-0.39, 0.29) is 5.54 Å². The van der Waals surface area contributed by atoms with Crippen LogP contribution in [0.15, 0.2) is 6.33 Å². The number of hydrogen-bond acceptors (Lipinski definition) is 3. The Labute approximate surface area is 103 Å². The Kier molecular flexibility index (Phi) is 5.05. The fraction of sp³-hybridized carbons (Fsp3) is 0.833. The van der Waals surface area contributed by atoms with Crippen molar-refractivity contribution in [2.24, 2.45) is 0 Å². The number of aryl methyl sites for hydroxylation is 1. The summed E-state index contributed by atoms with van der Waals surface area (Å²) >= 11 is 0. The predicted octanol–water partition coefficient (Wildman–Crippen LogP) is 1.96. The van der Waals surface area contributed by atoms with Gasteiger partial charge in [0.1, 0.15) is 18.3 Å². The number of halogens is 1. The summed E-state index contributed by atoms with van der Waals surface area (Å²) in [5.41, 5.74) is -0.0541. The van der Waals surface area contributed by atoms with Crippen LogP contribution in [0.5, 0.6) is 0 Å². The standard InChI is InChI=1S/C12H23FN4/c1-5-6-17-11(14-9-16-17)7-10(13)8-15-12(2,3)4/h9-10,15H,5-8H2,1-4H3. The Morgan fingerprint density at radius 1 is 1.47 bits per heavy atom. The third-order valence-electron chi connectivity index (χ3n) is 2.39. The van der Waals surface area contributed by atoms with E-state index >= 15 is 0 Å². The first-order chi connectivity index (χ1) is 7.92. The highest BCUT2D eigenvalue weighted by molar-refractivity contribution is 4.89. The van der Waals surface area contributed by atoms with Crippen LogP contribution in [0.2, 0.25) is 0 Å². The second-order valence-corrected chi connectivity index (χ2v) is 5.33. The Hall–Kier alpha value is -0.970. The highest BCUT2D eigenvalue weighted by Crippen LogP contribution is 2.05. The second-order valence-electron chi connectivity index (χ2n) is 5.33. The fourth-order valence-corrected chi connectivity index (χ4v) is 1.53. The van der Waals surface area contributed by atoms with Crippen molar-refractivity contribution in [3.05, 3.63) is 12.2 Å². The van der Waals surface area contributed by atoms with Crippen LogP contribution in [0.3, 0.4) is 0 Å². The van der Waals surface area contributed by atoms with Gasteiger partial charge >= 0.3 is 0 Å². The van der Waals surface area contributed by atoms with E-state index in [4.69, 9.17) is 0 Å². The molecule has 0 saturated heterocycles. The topological polar surface area (TPSA) is 42.7 Å². The quantitative estimate of drug-likeness (QED) is 0.829. The van der Waals surface area contributed by atoms with Gasteiger partial charge in [0.2, 0.25) is 0 Å². The summed E-state index contributed by atoms with van der Waals surface area (Å²) in [6.07, 6.45) is 1.87. The zero-order valence-electron chi connectivity index (χ0n) is 11.2. The number of rotatable bonds is 6. The highest BCUT2D eigenvalue weighted by atomic mass is 19.1. The SMILES string of the molecule is CCCn1ncnc1CC(F)CNC(C)(C)C. The third kappa shape index (κ3) is 5.26. The molecule has 1 aromatic heterocycles. The maximum absolute atomic E-state index is 13.8. The van der Waals surface area contributed by atoms with Crippen LogP contribution in [0, 0.1) is 0 Å². The van der Waals surface area contributed by atoms with Crippen LogP contribution in [-0.2, 0) is 13.0 Å². The Morgan fingerprint density at radius 2 is 2.18 bits per heavy atom. The van der Waals surface area contributed by atoms with Gasteiger partial charge in [0, 0.05) is 25.0 Å². The fourth-order valence-electron chi connectivity index (χ4n) is 1.53. The number of nitrogens with zero attached hydrogens (tertiary/aromatic N) is 3. The van der Waals surface area contributed by atoms with Crippen molar-refractivity contribution in [2.45, 2.75) is 58.8 Å². The van der Waals surface area contributed by atoms with Gasteiger partial charge in [-0.05, 0) is 27.2 Å². The summed E-state index contributed by atoms with van der Waals surface area (Å²) in [4.78, 5) is 4.10. The first-order valence-corrected chi connectivity index (χ1v) is 6.18. The minimum Gasteiger partial charge on any atom is -0.309 e. The molecule has 0 aliphatic rings. The molecule has 0 aromatic carbocycles. The van der Waals surface area contributed by atoms with Crippen LogP contribution in [0.1, 0.15) is 39.9 Å². The molecule has 1 rings (SSSR count). The summed E-state index contributed by atoms with van der Waals surface area (Å²) in [5, 5.41) is 7.24. The molecule has 5 heteroatoms. The highest BCUT2D eigenvalue weighted by Gasteiger charge is 2.16. The maximum atomic E-state index is 13.8. The molecule has 0 saturated carbocycles. The van der Waals surface area contributed by atoms with Crippen LogP contribution in [0.25, 0.3) is 0 Å². The van der Waals surface area contributed by atoms with Crippen molar-refractivity contribution in [1.29, 1.82) is 0 Å². The lowest BCUT2D eigenvalue weighted by atomic mass is 10.1. The van der Waals surface area contributed by atoms with E-state index in [0.717, 1.165) is 18.8 Å². The van der Waals surface area contributed by atoms with Gasteiger partial charge in [-0.1, -0.05) is 6.92 Å².